The van der Waals surface area contributed by atoms with E-state index in [4.69, 9.17) is 4.42 Å². The van der Waals surface area contributed by atoms with Gasteiger partial charge in [-0.05, 0) is 12.1 Å². The molecule has 1 saturated heterocycles. The van der Waals surface area contributed by atoms with E-state index in [9.17, 15) is 9.59 Å². The Morgan fingerprint density at radius 1 is 1.50 bits per heavy atom. The molecule has 2 heterocycles. The Hall–Kier alpha value is -1.82. The minimum atomic E-state index is -0.400. The lowest BCUT2D eigenvalue weighted by molar-refractivity contribution is -0.145. The molecule has 1 N–H and O–H groups in total. The number of nitrogens with one attached hydrogen (secondary N) is 1. The van der Waals surface area contributed by atoms with Crippen molar-refractivity contribution in [1.82, 2.24) is 15.1 Å². The van der Waals surface area contributed by atoms with E-state index in [2.05, 4.69) is 5.32 Å². The zero-order valence-electron chi connectivity index (χ0n) is 12.0. The lowest BCUT2D eigenvalue weighted by atomic mass is 10.1. The van der Waals surface area contributed by atoms with E-state index >= 15 is 0 Å². The zero-order chi connectivity index (χ0) is 14.5. The summed E-state index contributed by atoms with van der Waals surface area (Å²) in [7, 11) is 3.42. The second-order valence-electron chi connectivity index (χ2n) is 5.12. The highest BCUT2D eigenvalue weighted by Gasteiger charge is 2.32. The van der Waals surface area contributed by atoms with Gasteiger partial charge < -0.3 is 19.5 Å². The first kappa shape index (κ1) is 14.6. The highest BCUT2D eigenvalue weighted by molar-refractivity contribution is 5.88. The van der Waals surface area contributed by atoms with Gasteiger partial charge in [0.1, 0.15) is 11.8 Å². The number of furan rings is 1. The number of likely N-dealkylation sites (N-methyl/N-ethyl adjacent to an activating group) is 1. The molecule has 0 aliphatic carbocycles. The molecular formula is C14H21N3O3. The van der Waals surface area contributed by atoms with Crippen LogP contribution in [0.4, 0.5) is 0 Å². The summed E-state index contributed by atoms with van der Waals surface area (Å²) in [6.07, 6.45) is 2.53. The molecular weight excluding hydrogens is 258 g/mol. The van der Waals surface area contributed by atoms with Gasteiger partial charge in [0.05, 0.1) is 6.26 Å². The molecule has 1 aromatic rings. The molecule has 6 nitrogen and oxygen atoms in total. The average molecular weight is 279 g/mol. The van der Waals surface area contributed by atoms with Crippen molar-refractivity contribution in [2.75, 3.05) is 33.7 Å². The summed E-state index contributed by atoms with van der Waals surface area (Å²) in [5, 5.41) is 3.17. The number of rotatable bonds is 4. The Bertz CT molecular complexity index is 456. The van der Waals surface area contributed by atoms with Crippen LogP contribution in [0, 0.1) is 0 Å². The smallest absolute Gasteiger partial charge is 0.246 e. The molecule has 1 aliphatic heterocycles. The van der Waals surface area contributed by atoms with Gasteiger partial charge in [-0.1, -0.05) is 0 Å². The number of hydrogen-bond acceptors (Lipinski definition) is 4. The first-order valence-corrected chi connectivity index (χ1v) is 6.83. The fourth-order valence-corrected chi connectivity index (χ4v) is 2.35. The number of nitrogens with zero attached hydrogens (tertiary/aromatic N) is 2. The molecule has 0 radical (unpaired) electrons. The lowest BCUT2D eigenvalue weighted by Gasteiger charge is -2.36. The fraction of sp³-hybridized carbons (Fsp3) is 0.571. The Morgan fingerprint density at radius 3 is 2.95 bits per heavy atom. The predicted molar refractivity (Wildman–Crippen MR) is 74.1 cm³/mol. The molecule has 0 spiro atoms. The Kier molecular flexibility index (Phi) is 4.79. The average Bonchev–Trinajstić information content (AvgIpc) is 2.97. The van der Waals surface area contributed by atoms with E-state index in [0.717, 1.165) is 12.3 Å². The van der Waals surface area contributed by atoms with E-state index in [-0.39, 0.29) is 11.8 Å². The van der Waals surface area contributed by atoms with Gasteiger partial charge in [0.2, 0.25) is 11.8 Å². The monoisotopic (exact) mass is 279 g/mol. The first-order chi connectivity index (χ1) is 9.59. The molecule has 2 amide bonds. The molecule has 6 heteroatoms. The SMILES string of the molecule is CN(C)C(=O)C1CNCCN1C(=O)CCc1ccco1. The van der Waals surface area contributed by atoms with Crippen LogP contribution in [0.25, 0.3) is 0 Å². The first-order valence-electron chi connectivity index (χ1n) is 6.83. The number of piperazine rings is 1. The minimum Gasteiger partial charge on any atom is -0.469 e. The van der Waals surface area contributed by atoms with E-state index in [0.29, 0.717) is 25.9 Å². The van der Waals surface area contributed by atoms with E-state index < -0.39 is 6.04 Å². The molecule has 0 saturated carbocycles. The number of aryl methyl sites for hydroxylation is 1. The van der Waals surface area contributed by atoms with Crippen LogP contribution in [0.5, 0.6) is 0 Å². The van der Waals surface area contributed by atoms with Gasteiger partial charge in [0.15, 0.2) is 0 Å². The van der Waals surface area contributed by atoms with Gasteiger partial charge in [-0.15, -0.1) is 0 Å². The van der Waals surface area contributed by atoms with Crippen molar-refractivity contribution in [2.24, 2.45) is 0 Å². The largest absolute Gasteiger partial charge is 0.469 e. The van der Waals surface area contributed by atoms with Gasteiger partial charge in [0.25, 0.3) is 0 Å². The molecule has 1 fully saturated rings. The van der Waals surface area contributed by atoms with Crippen molar-refractivity contribution in [3.63, 3.8) is 0 Å². The third-order valence-corrected chi connectivity index (χ3v) is 3.45. The van der Waals surface area contributed by atoms with Crippen molar-refractivity contribution in [2.45, 2.75) is 18.9 Å². The maximum atomic E-state index is 12.3. The van der Waals surface area contributed by atoms with Crippen LogP contribution in [0.2, 0.25) is 0 Å². The van der Waals surface area contributed by atoms with Crippen LogP contribution in [-0.4, -0.2) is 61.4 Å². The van der Waals surface area contributed by atoms with Crippen LogP contribution in [-0.2, 0) is 16.0 Å². The molecule has 110 valence electrons. The van der Waals surface area contributed by atoms with Crippen LogP contribution >= 0.6 is 0 Å². The van der Waals surface area contributed by atoms with Crippen LogP contribution in [0.15, 0.2) is 22.8 Å². The number of carbonyl (C=O) groups is 2. The number of amides is 2. The van der Waals surface area contributed by atoms with Crippen molar-refractivity contribution in [3.8, 4) is 0 Å². The normalized spacial score (nSPS) is 18.9. The van der Waals surface area contributed by atoms with E-state index in [1.165, 1.54) is 4.90 Å². The second kappa shape index (κ2) is 6.56. The standard InChI is InChI=1S/C14H21N3O3/c1-16(2)14(19)12-10-15-7-8-17(12)13(18)6-5-11-4-3-9-20-11/h3-4,9,12,15H,5-8,10H2,1-2H3. The van der Waals surface area contributed by atoms with Crippen LogP contribution in [0.1, 0.15) is 12.2 Å². The summed E-state index contributed by atoms with van der Waals surface area (Å²) in [4.78, 5) is 27.7. The van der Waals surface area contributed by atoms with Crippen LogP contribution in [0.3, 0.4) is 0 Å². The Balaban J connectivity index is 1.96. The Labute approximate surface area is 118 Å². The van der Waals surface area contributed by atoms with Crippen molar-refractivity contribution in [3.05, 3.63) is 24.2 Å². The quantitative estimate of drug-likeness (QED) is 0.849. The van der Waals surface area contributed by atoms with Crippen molar-refractivity contribution in [1.29, 1.82) is 0 Å². The summed E-state index contributed by atoms with van der Waals surface area (Å²) in [5.74, 6) is 0.760. The summed E-state index contributed by atoms with van der Waals surface area (Å²) in [6.45, 7) is 1.81. The summed E-state index contributed by atoms with van der Waals surface area (Å²) in [5.41, 5.74) is 0. The van der Waals surface area contributed by atoms with Crippen molar-refractivity contribution >= 4 is 11.8 Å². The van der Waals surface area contributed by atoms with Gasteiger partial charge in [0, 0.05) is 46.6 Å². The third-order valence-electron chi connectivity index (χ3n) is 3.45. The predicted octanol–water partition coefficient (Wildman–Crippen LogP) is 0.101. The van der Waals surface area contributed by atoms with Gasteiger partial charge in [-0.25, -0.2) is 0 Å². The van der Waals surface area contributed by atoms with Gasteiger partial charge in [-0.3, -0.25) is 9.59 Å². The highest BCUT2D eigenvalue weighted by Crippen LogP contribution is 2.11. The van der Waals surface area contributed by atoms with Gasteiger partial charge in [-0.2, -0.15) is 0 Å². The van der Waals surface area contributed by atoms with Gasteiger partial charge >= 0.3 is 0 Å². The van der Waals surface area contributed by atoms with E-state index in [1.807, 2.05) is 12.1 Å². The topological polar surface area (TPSA) is 65.8 Å². The molecule has 20 heavy (non-hydrogen) atoms. The second-order valence-corrected chi connectivity index (χ2v) is 5.12. The number of carbonyl (C=O) groups excluding carboxylic acids is 2. The van der Waals surface area contributed by atoms with Crippen molar-refractivity contribution < 1.29 is 14.0 Å². The molecule has 1 aliphatic rings. The Morgan fingerprint density at radius 2 is 2.30 bits per heavy atom. The van der Waals surface area contributed by atoms with E-state index in [1.54, 1.807) is 25.3 Å². The number of hydrogen-bond donors (Lipinski definition) is 1. The molecule has 1 aromatic heterocycles. The minimum absolute atomic E-state index is 0.00287. The molecule has 1 atom stereocenters. The third kappa shape index (κ3) is 3.39. The maximum absolute atomic E-state index is 12.3. The summed E-state index contributed by atoms with van der Waals surface area (Å²) in [6, 6.07) is 3.26. The summed E-state index contributed by atoms with van der Waals surface area (Å²) < 4.78 is 5.23. The molecule has 0 aromatic carbocycles. The van der Waals surface area contributed by atoms with Crippen LogP contribution < -0.4 is 5.32 Å². The molecule has 0 bridgehead atoms. The molecule has 2 rings (SSSR count). The maximum Gasteiger partial charge on any atom is 0.246 e. The summed E-state index contributed by atoms with van der Waals surface area (Å²) >= 11 is 0. The lowest BCUT2D eigenvalue weighted by Crippen LogP contribution is -2.59. The molecule has 1 unspecified atom stereocenters. The zero-order valence-corrected chi connectivity index (χ0v) is 12.0. The fourth-order valence-electron chi connectivity index (χ4n) is 2.35. The highest BCUT2D eigenvalue weighted by atomic mass is 16.3.